The first-order valence-electron chi connectivity index (χ1n) is 7.15. The molecule has 0 bridgehead atoms. The summed E-state index contributed by atoms with van der Waals surface area (Å²) in [4.78, 5) is 26.0. The first-order valence-corrected chi connectivity index (χ1v) is 7.15. The van der Waals surface area contributed by atoms with Gasteiger partial charge >= 0.3 is 0 Å². The number of rotatable bonds is 3. The Morgan fingerprint density at radius 3 is 2.19 bits per heavy atom. The molecule has 1 amide bonds. The summed E-state index contributed by atoms with van der Waals surface area (Å²) in [6.45, 7) is 4.95. The number of nitrogens with zero attached hydrogens (tertiary/aromatic N) is 1. The highest BCUT2D eigenvalue weighted by Gasteiger charge is 2.26. The van der Waals surface area contributed by atoms with Gasteiger partial charge in [-0.3, -0.25) is 9.59 Å². The highest BCUT2D eigenvalue weighted by Crippen LogP contribution is 2.22. The van der Waals surface area contributed by atoms with Crippen molar-refractivity contribution in [3.63, 3.8) is 0 Å². The molecule has 21 heavy (non-hydrogen) atoms. The number of piperidine rings is 1. The largest absolute Gasteiger partial charge is 0.339 e. The monoisotopic (exact) mass is 310 g/mol. The maximum Gasteiger partial charge on any atom is 0.254 e. The zero-order valence-electron chi connectivity index (χ0n) is 12.5. The minimum absolute atomic E-state index is 0. The van der Waals surface area contributed by atoms with Crippen LogP contribution in [0.2, 0.25) is 0 Å². The van der Waals surface area contributed by atoms with Crippen molar-refractivity contribution in [2.75, 3.05) is 13.1 Å². The molecule has 1 saturated heterocycles. The van der Waals surface area contributed by atoms with Crippen LogP contribution in [0.25, 0.3) is 0 Å². The number of benzene rings is 1. The predicted molar refractivity (Wildman–Crippen MR) is 86.0 cm³/mol. The number of hydrogen-bond acceptors (Lipinski definition) is 3. The second kappa shape index (κ2) is 7.57. The van der Waals surface area contributed by atoms with Crippen molar-refractivity contribution in [3.05, 3.63) is 35.4 Å². The molecule has 116 valence electrons. The van der Waals surface area contributed by atoms with Gasteiger partial charge in [0.15, 0.2) is 5.78 Å². The Labute approximate surface area is 132 Å². The van der Waals surface area contributed by atoms with E-state index in [4.69, 9.17) is 5.73 Å². The molecule has 1 aliphatic rings. The van der Waals surface area contributed by atoms with E-state index in [1.54, 1.807) is 24.3 Å². The van der Waals surface area contributed by atoms with Gasteiger partial charge in [-0.05, 0) is 38.7 Å². The Morgan fingerprint density at radius 1 is 1.19 bits per heavy atom. The summed E-state index contributed by atoms with van der Waals surface area (Å²) in [6, 6.07) is 7.21. The molecule has 1 aliphatic heterocycles. The number of amides is 1. The summed E-state index contributed by atoms with van der Waals surface area (Å²) in [7, 11) is 0. The Morgan fingerprint density at radius 2 is 1.71 bits per heavy atom. The normalized spacial score (nSPS) is 17.0. The molecule has 5 heteroatoms. The number of carbonyl (C=O) groups is 2. The highest BCUT2D eigenvalue weighted by atomic mass is 35.5. The molecular formula is C16H23ClN2O2. The summed E-state index contributed by atoms with van der Waals surface area (Å²) in [5, 5.41) is 0. The van der Waals surface area contributed by atoms with E-state index in [0.29, 0.717) is 17.0 Å². The molecule has 1 fully saturated rings. The van der Waals surface area contributed by atoms with Crippen LogP contribution in [0, 0.1) is 5.92 Å². The number of hydrogen-bond donors (Lipinski definition) is 1. The second-order valence-electron chi connectivity index (χ2n) is 5.59. The highest BCUT2D eigenvalue weighted by molar-refractivity contribution is 6.07. The lowest BCUT2D eigenvalue weighted by Crippen LogP contribution is -2.42. The molecule has 1 atom stereocenters. The van der Waals surface area contributed by atoms with E-state index < -0.39 is 0 Å². The molecule has 4 nitrogen and oxygen atoms in total. The van der Waals surface area contributed by atoms with Crippen LogP contribution in [0.3, 0.4) is 0 Å². The topological polar surface area (TPSA) is 63.4 Å². The fraction of sp³-hybridized carbons (Fsp3) is 0.500. The van der Waals surface area contributed by atoms with Gasteiger partial charge in [0, 0.05) is 24.7 Å². The maximum absolute atomic E-state index is 12.5. The van der Waals surface area contributed by atoms with Crippen LogP contribution in [0.4, 0.5) is 0 Å². The number of ketones is 1. The molecule has 0 radical (unpaired) electrons. The van der Waals surface area contributed by atoms with E-state index in [-0.39, 0.29) is 30.1 Å². The minimum atomic E-state index is -0.0700. The first-order chi connectivity index (χ1) is 9.50. The number of nitrogens with two attached hydrogens (primary N) is 1. The summed E-state index contributed by atoms with van der Waals surface area (Å²) in [5.74, 6) is 0.375. The minimum Gasteiger partial charge on any atom is -0.339 e. The fourth-order valence-corrected chi connectivity index (χ4v) is 2.78. The van der Waals surface area contributed by atoms with Crippen molar-refractivity contribution < 1.29 is 9.59 Å². The Balaban J connectivity index is 0.00000220. The molecule has 1 unspecified atom stereocenters. The smallest absolute Gasteiger partial charge is 0.254 e. The summed E-state index contributed by atoms with van der Waals surface area (Å²) in [5.41, 5.74) is 6.94. The van der Waals surface area contributed by atoms with Gasteiger partial charge in [-0.25, -0.2) is 0 Å². The van der Waals surface area contributed by atoms with Crippen molar-refractivity contribution >= 4 is 24.1 Å². The van der Waals surface area contributed by atoms with E-state index in [9.17, 15) is 9.59 Å². The predicted octanol–water partition coefficient (Wildman–Crippen LogP) is 2.51. The Bertz CT molecular complexity index is 509. The lowest BCUT2D eigenvalue weighted by molar-refractivity contribution is 0.0677. The Kier molecular flexibility index (Phi) is 6.37. The van der Waals surface area contributed by atoms with E-state index in [1.807, 2.05) is 11.8 Å². The first kappa shape index (κ1) is 17.7. The third-order valence-corrected chi connectivity index (χ3v) is 4.11. The number of carbonyl (C=O) groups excluding carboxylic acids is 2. The lowest BCUT2D eigenvalue weighted by atomic mass is 9.90. The van der Waals surface area contributed by atoms with Gasteiger partial charge in [0.2, 0.25) is 0 Å². The van der Waals surface area contributed by atoms with Gasteiger partial charge < -0.3 is 10.6 Å². The molecule has 0 aliphatic carbocycles. The van der Waals surface area contributed by atoms with E-state index in [2.05, 4.69) is 0 Å². The van der Waals surface area contributed by atoms with Crippen LogP contribution in [-0.2, 0) is 0 Å². The third kappa shape index (κ3) is 4.05. The van der Waals surface area contributed by atoms with Crippen molar-refractivity contribution in [2.45, 2.75) is 32.7 Å². The number of likely N-dealkylation sites (tertiary alicyclic amines) is 1. The van der Waals surface area contributed by atoms with Gasteiger partial charge in [0.25, 0.3) is 5.91 Å². The molecule has 1 aromatic carbocycles. The van der Waals surface area contributed by atoms with Crippen LogP contribution in [0.5, 0.6) is 0 Å². The molecule has 2 rings (SSSR count). The maximum atomic E-state index is 12.5. The molecule has 0 saturated carbocycles. The van der Waals surface area contributed by atoms with Gasteiger partial charge in [-0.1, -0.05) is 18.2 Å². The third-order valence-electron chi connectivity index (χ3n) is 4.11. The molecular weight excluding hydrogens is 288 g/mol. The van der Waals surface area contributed by atoms with E-state index >= 15 is 0 Å². The second-order valence-corrected chi connectivity index (χ2v) is 5.59. The number of Topliss-reactive ketones (excluding diaryl/α,β-unsaturated/α-hetero) is 1. The molecule has 1 aromatic rings. The Hall–Kier alpha value is -1.39. The average Bonchev–Trinajstić information content (AvgIpc) is 2.46. The van der Waals surface area contributed by atoms with Gasteiger partial charge in [0.05, 0.1) is 5.56 Å². The SMILES string of the molecule is CC(=O)c1ccccc1C(=O)N1CCC(C(C)N)CC1.Cl. The lowest BCUT2D eigenvalue weighted by Gasteiger charge is -2.34. The van der Waals surface area contributed by atoms with E-state index in [0.717, 1.165) is 25.9 Å². The summed E-state index contributed by atoms with van der Waals surface area (Å²) in [6.07, 6.45) is 1.87. The average molecular weight is 311 g/mol. The van der Waals surface area contributed by atoms with Crippen molar-refractivity contribution in [1.29, 1.82) is 0 Å². The summed E-state index contributed by atoms with van der Waals surface area (Å²) >= 11 is 0. The quantitative estimate of drug-likeness (QED) is 0.873. The zero-order chi connectivity index (χ0) is 14.7. The van der Waals surface area contributed by atoms with Crippen molar-refractivity contribution in [2.24, 2.45) is 11.7 Å². The van der Waals surface area contributed by atoms with Gasteiger partial charge in [0.1, 0.15) is 0 Å². The molecule has 1 heterocycles. The fourth-order valence-electron chi connectivity index (χ4n) is 2.78. The van der Waals surface area contributed by atoms with Crippen LogP contribution >= 0.6 is 12.4 Å². The van der Waals surface area contributed by atoms with Crippen LogP contribution in [0.1, 0.15) is 47.4 Å². The van der Waals surface area contributed by atoms with Crippen molar-refractivity contribution in [1.82, 2.24) is 4.90 Å². The van der Waals surface area contributed by atoms with Gasteiger partial charge in [-0.15, -0.1) is 12.4 Å². The zero-order valence-corrected chi connectivity index (χ0v) is 13.4. The molecule has 0 spiro atoms. The van der Waals surface area contributed by atoms with E-state index in [1.165, 1.54) is 6.92 Å². The van der Waals surface area contributed by atoms with Crippen molar-refractivity contribution in [3.8, 4) is 0 Å². The molecule has 2 N–H and O–H groups in total. The molecule has 0 aromatic heterocycles. The van der Waals surface area contributed by atoms with Crippen LogP contribution in [-0.4, -0.2) is 35.7 Å². The standard InChI is InChI=1S/C16H22N2O2.ClH/c1-11(17)13-7-9-18(10-8-13)16(20)15-6-4-3-5-14(15)12(2)19;/h3-6,11,13H,7-10,17H2,1-2H3;1H. The van der Waals surface area contributed by atoms with Crippen LogP contribution < -0.4 is 5.73 Å². The van der Waals surface area contributed by atoms with Gasteiger partial charge in [-0.2, -0.15) is 0 Å². The number of halogens is 1. The summed E-state index contributed by atoms with van der Waals surface area (Å²) < 4.78 is 0. The van der Waals surface area contributed by atoms with Crippen LogP contribution in [0.15, 0.2) is 24.3 Å².